The number of carbonyl (C=O) groups is 1. The third-order valence-electron chi connectivity index (χ3n) is 7.86. The molecule has 1 saturated heterocycles. The Morgan fingerprint density at radius 3 is 2.45 bits per heavy atom. The predicted molar refractivity (Wildman–Crippen MR) is 155 cm³/mol. The first-order chi connectivity index (χ1) is 19.3. The number of hydrogen-bond acceptors (Lipinski definition) is 5. The molecule has 1 N–H and O–H groups in total. The van der Waals surface area contributed by atoms with Crippen LogP contribution < -0.4 is 5.32 Å². The lowest BCUT2D eigenvalue weighted by Gasteiger charge is -2.29. The number of nitrogens with zero attached hydrogens (tertiary/aromatic N) is 4. The van der Waals surface area contributed by atoms with Gasteiger partial charge in [-0.25, -0.2) is 13.1 Å². The van der Waals surface area contributed by atoms with Gasteiger partial charge in [-0.05, 0) is 61.9 Å². The fourth-order valence-electron chi connectivity index (χ4n) is 5.42. The lowest BCUT2D eigenvalue weighted by molar-refractivity contribution is -0.117. The molecule has 0 spiro atoms. The van der Waals surface area contributed by atoms with Gasteiger partial charge >= 0.3 is 0 Å². The van der Waals surface area contributed by atoms with Gasteiger partial charge in [-0.15, -0.1) is 0 Å². The van der Waals surface area contributed by atoms with Gasteiger partial charge < -0.3 is 5.32 Å². The van der Waals surface area contributed by atoms with Crippen molar-refractivity contribution in [3.63, 3.8) is 0 Å². The maximum Gasteiger partial charge on any atom is 0.262 e. The fraction of sp³-hybridized carbons (Fsp3) is 0.387. The van der Waals surface area contributed by atoms with Crippen LogP contribution in [-0.4, -0.2) is 47.5 Å². The summed E-state index contributed by atoms with van der Waals surface area (Å²) >= 11 is 0. The Morgan fingerprint density at radius 1 is 1.02 bits per heavy atom. The van der Waals surface area contributed by atoms with Gasteiger partial charge in [-0.2, -0.15) is 14.7 Å². The Labute approximate surface area is 236 Å². The van der Waals surface area contributed by atoms with Crippen LogP contribution in [0.15, 0.2) is 71.3 Å². The average molecular weight is 558 g/mol. The molecule has 0 radical (unpaired) electrons. The number of sulfonamides is 1. The molecule has 1 aromatic heterocycles. The number of benzene rings is 2. The van der Waals surface area contributed by atoms with E-state index in [1.807, 2.05) is 30.3 Å². The number of nitrogens with one attached hydrogen (secondary N) is 1. The van der Waals surface area contributed by atoms with Crippen LogP contribution in [0.2, 0.25) is 0 Å². The second-order valence-electron chi connectivity index (χ2n) is 10.8. The molecule has 2 fully saturated rings. The van der Waals surface area contributed by atoms with Crippen LogP contribution in [0.5, 0.6) is 0 Å². The van der Waals surface area contributed by atoms with Crippen LogP contribution in [0.3, 0.4) is 0 Å². The number of aromatic nitrogens is 2. The van der Waals surface area contributed by atoms with Crippen molar-refractivity contribution in [2.45, 2.75) is 62.8 Å². The lowest BCUT2D eigenvalue weighted by Crippen LogP contribution is -2.37. The molecular formula is C31H35N5O3S. The van der Waals surface area contributed by atoms with Crippen LogP contribution >= 0.6 is 0 Å². The molecule has 208 valence electrons. The smallest absolute Gasteiger partial charge is 0.262 e. The van der Waals surface area contributed by atoms with Gasteiger partial charge in [0, 0.05) is 36.5 Å². The highest BCUT2D eigenvalue weighted by Gasteiger charge is 2.28. The molecule has 2 aliphatic rings. The monoisotopic (exact) mass is 557 g/mol. The Morgan fingerprint density at radius 2 is 1.75 bits per heavy atom. The number of hydrogen-bond donors (Lipinski definition) is 1. The van der Waals surface area contributed by atoms with E-state index in [9.17, 15) is 18.5 Å². The van der Waals surface area contributed by atoms with E-state index in [2.05, 4.69) is 18.3 Å². The highest BCUT2D eigenvalue weighted by atomic mass is 32.2. The molecule has 1 amide bonds. The van der Waals surface area contributed by atoms with Crippen molar-refractivity contribution in [2.24, 2.45) is 5.92 Å². The van der Waals surface area contributed by atoms with Crippen molar-refractivity contribution >= 4 is 22.0 Å². The zero-order chi connectivity index (χ0) is 28.1. The number of rotatable bonds is 7. The van der Waals surface area contributed by atoms with E-state index in [1.165, 1.54) is 6.42 Å². The predicted octanol–water partition coefficient (Wildman–Crippen LogP) is 5.32. The van der Waals surface area contributed by atoms with Gasteiger partial charge in [0.05, 0.1) is 10.6 Å². The van der Waals surface area contributed by atoms with Crippen LogP contribution in [0.25, 0.3) is 23.0 Å². The number of amides is 1. The number of para-hydroxylation sites is 1. The first kappa shape index (κ1) is 27.8. The quantitative estimate of drug-likeness (QED) is 0.313. The molecule has 9 heteroatoms. The van der Waals surface area contributed by atoms with Crippen LogP contribution in [0.4, 0.5) is 0 Å². The van der Waals surface area contributed by atoms with E-state index in [0.717, 1.165) is 44.2 Å². The van der Waals surface area contributed by atoms with E-state index in [4.69, 9.17) is 5.10 Å². The normalized spacial score (nSPS) is 17.9. The van der Waals surface area contributed by atoms with Crippen molar-refractivity contribution < 1.29 is 13.2 Å². The zero-order valence-corrected chi connectivity index (χ0v) is 23.6. The summed E-state index contributed by atoms with van der Waals surface area (Å²) < 4.78 is 30.2. The molecule has 0 unspecified atom stereocenters. The summed E-state index contributed by atoms with van der Waals surface area (Å²) in [5.74, 6) is 0.113. The second kappa shape index (κ2) is 12.2. The van der Waals surface area contributed by atoms with Gasteiger partial charge in [-0.1, -0.05) is 56.5 Å². The summed E-state index contributed by atoms with van der Waals surface area (Å²) in [6.45, 7) is 3.16. The van der Waals surface area contributed by atoms with Crippen molar-refractivity contribution in [1.82, 2.24) is 19.4 Å². The van der Waals surface area contributed by atoms with E-state index in [-0.39, 0.29) is 16.5 Å². The first-order valence-corrected chi connectivity index (χ1v) is 15.5. The minimum absolute atomic E-state index is 0.00866. The van der Waals surface area contributed by atoms with Crippen LogP contribution in [0, 0.1) is 17.2 Å². The Bertz CT molecular complexity index is 1520. The second-order valence-corrected chi connectivity index (χ2v) is 12.7. The molecule has 5 rings (SSSR count). The number of piperidine rings is 1. The average Bonchev–Trinajstić information content (AvgIpc) is 3.41. The Kier molecular flexibility index (Phi) is 8.48. The Hall–Kier alpha value is -3.74. The highest BCUT2D eigenvalue weighted by Crippen LogP contribution is 2.30. The summed E-state index contributed by atoms with van der Waals surface area (Å²) in [5.41, 5.74) is 2.44. The first-order valence-electron chi connectivity index (χ1n) is 14.0. The van der Waals surface area contributed by atoms with Gasteiger partial charge in [0.2, 0.25) is 10.0 Å². The van der Waals surface area contributed by atoms with Crippen LogP contribution in [0.1, 0.15) is 57.4 Å². The SMILES string of the molecule is CC1CCN(S(=O)(=O)c2cccc(-c3nn(-c4ccccc4)cc3/C=C(/C#N)C(=O)NC3CCCCC3)c2)CC1. The Balaban J connectivity index is 1.52. The van der Waals surface area contributed by atoms with E-state index in [0.29, 0.717) is 35.8 Å². The van der Waals surface area contributed by atoms with E-state index < -0.39 is 15.9 Å². The maximum atomic E-state index is 13.5. The van der Waals surface area contributed by atoms with Crippen molar-refractivity contribution in [3.8, 4) is 23.0 Å². The minimum Gasteiger partial charge on any atom is -0.349 e. The van der Waals surface area contributed by atoms with Gasteiger partial charge in [-0.3, -0.25) is 4.79 Å². The number of nitriles is 1. The molecule has 3 aromatic rings. The van der Waals surface area contributed by atoms with E-state index in [1.54, 1.807) is 45.5 Å². The fourth-order valence-corrected chi connectivity index (χ4v) is 6.94. The molecule has 2 heterocycles. The third kappa shape index (κ3) is 6.19. The molecular weight excluding hydrogens is 522 g/mol. The van der Waals surface area contributed by atoms with Crippen molar-refractivity contribution in [2.75, 3.05) is 13.1 Å². The molecule has 8 nitrogen and oxygen atoms in total. The molecule has 40 heavy (non-hydrogen) atoms. The molecule has 1 aliphatic heterocycles. The van der Waals surface area contributed by atoms with Gasteiger partial charge in [0.25, 0.3) is 5.91 Å². The van der Waals surface area contributed by atoms with Gasteiger partial charge in [0.15, 0.2) is 0 Å². The van der Waals surface area contributed by atoms with Crippen molar-refractivity contribution in [3.05, 3.63) is 71.9 Å². The third-order valence-corrected chi connectivity index (χ3v) is 9.75. The summed E-state index contributed by atoms with van der Waals surface area (Å²) in [6.07, 6.45) is 10.1. The highest BCUT2D eigenvalue weighted by molar-refractivity contribution is 7.89. The standard InChI is InChI=1S/C31H35N5O3S/c1-23-15-17-35(18-16-23)40(38,39)29-14-8-9-24(20-29)30-26(22-36(34-30)28-12-6-3-7-13-28)19-25(21-32)31(37)33-27-10-4-2-5-11-27/h3,6-9,12-14,19-20,22-23,27H,2,4-5,10-11,15-18H2,1H3,(H,33,37)/b25-19-. The minimum atomic E-state index is -3.66. The van der Waals surface area contributed by atoms with E-state index >= 15 is 0 Å². The number of carbonyl (C=O) groups excluding carboxylic acids is 1. The molecule has 1 saturated carbocycles. The molecule has 2 aromatic carbocycles. The molecule has 0 bridgehead atoms. The lowest BCUT2D eigenvalue weighted by atomic mass is 9.95. The summed E-state index contributed by atoms with van der Waals surface area (Å²) in [6, 6.07) is 18.4. The molecule has 1 aliphatic carbocycles. The largest absolute Gasteiger partial charge is 0.349 e. The van der Waals surface area contributed by atoms with Gasteiger partial charge in [0.1, 0.15) is 17.3 Å². The topological polar surface area (TPSA) is 108 Å². The van der Waals surface area contributed by atoms with Crippen LogP contribution in [-0.2, 0) is 14.8 Å². The zero-order valence-electron chi connectivity index (χ0n) is 22.8. The van der Waals surface area contributed by atoms with Crippen molar-refractivity contribution in [1.29, 1.82) is 5.26 Å². The summed E-state index contributed by atoms with van der Waals surface area (Å²) in [5, 5.41) is 17.7. The summed E-state index contributed by atoms with van der Waals surface area (Å²) in [4.78, 5) is 13.2. The molecule has 0 atom stereocenters. The summed E-state index contributed by atoms with van der Waals surface area (Å²) in [7, 11) is -3.66. The maximum absolute atomic E-state index is 13.5.